The zero-order valence-corrected chi connectivity index (χ0v) is 11.9. The van der Waals surface area contributed by atoms with Crippen LogP contribution in [0.3, 0.4) is 0 Å². The van der Waals surface area contributed by atoms with Crippen LogP contribution in [-0.4, -0.2) is 19.7 Å². The Morgan fingerprint density at radius 1 is 1.35 bits per heavy atom. The Hall–Kier alpha value is -2.44. The summed E-state index contributed by atoms with van der Waals surface area (Å²) >= 11 is 0. The summed E-state index contributed by atoms with van der Waals surface area (Å²) in [7, 11) is 0. The van der Waals surface area contributed by atoms with E-state index in [1.807, 2.05) is 10.9 Å². The van der Waals surface area contributed by atoms with Crippen LogP contribution in [0.5, 0.6) is 0 Å². The highest BCUT2D eigenvalue weighted by Gasteiger charge is 2.15. The van der Waals surface area contributed by atoms with E-state index in [9.17, 15) is 10.1 Å². The van der Waals surface area contributed by atoms with Crippen LogP contribution in [0.25, 0.3) is 0 Å². The monoisotopic (exact) mass is 275 g/mol. The molecule has 2 rings (SSSR count). The van der Waals surface area contributed by atoms with E-state index in [1.165, 1.54) is 6.20 Å². The maximum Gasteiger partial charge on any atom is 0.290 e. The minimum absolute atomic E-state index is 0.0148. The highest BCUT2D eigenvalue weighted by atomic mass is 16.6. The molecule has 0 saturated heterocycles. The van der Waals surface area contributed by atoms with E-state index in [0.29, 0.717) is 11.4 Å². The van der Waals surface area contributed by atoms with Gasteiger partial charge in [0.1, 0.15) is 12.0 Å². The zero-order valence-electron chi connectivity index (χ0n) is 11.9. The molecule has 0 radical (unpaired) electrons. The molecule has 7 nitrogen and oxygen atoms in total. The average Bonchev–Trinajstić information content (AvgIpc) is 2.76. The van der Waals surface area contributed by atoms with Crippen LogP contribution in [0.4, 0.5) is 17.2 Å². The van der Waals surface area contributed by atoms with Crippen LogP contribution in [0, 0.1) is 17.0 Å². The number of aromatic nitrogens is 3. The molecule has 0 aliphatic heterocycles. The van der Waals surface area contributed by atoms with E-state index in [4.69, 9.17) is 0 Å². The normalized spacial score (nSPS) is 11.4. The Kier molecular flexibility index (Phi) is 3.44. The third-order valence-electron chi connectivity index (χ3n) is 2.82. The SMILES string of the molecule is Cc1cc(Nc2cnn(C(C)(C)C)c2)ncc1[N+](=O)[O-]. The van der Waals surface area contributed by atoms with Crippen molar-refractivity contribution in [2.24, 2.45) is 0 Å². The number of aryl methyl sites for hydroxylation is 1. The molecule has 0 amide bonds. The van der Waals surface area contributed by atoms with Crippen molar-refractivity contribution in [2.75, 3.05) is 5.32 Å². The third-order valence-corrected chi connectivity index (χ3v) is 2.82. The van der Waals surface area contributed by atoms with Gasteiger partial charge in [0.25, 0.3) is 5.69 Å². The largest absolute Gasteiger partial charge is 0.338 e. The molecule has 0 unspecified atom stereocenters. The number of nitro groups is 1. The summed E-state index contributed by atoms with van der Waals surface area (Å²) in [5.41, 5.74) is 1.27. The summed E-state index contributed by atoms with van der Waals surface area (Å²) in [6.45, 7) is 7.84. The fourth-order valence-corrected chi connectivity index (χ4v) is 1.71. The first-order valence-electron chi connectivity index (χ1n) is 6.20. The molecule has 0 fully saturated rings. The second kappa shape index (κ2) is 4.92. The van der Waals surface area contributed by atoms with Gasteiger partial charge in [0.15, 0.2) is 0 Å². The van der Waals surface area contributed by atoms with E-state index < -0.39 is 4.92 Å². The van der Waals surface area contributed by atoms with Gasteiger partial charge in [-0.15, -0.1) is 0 Å². The smallest absolute Gasteiger partial charge is 0.290 e. The molecule has 0 spiro atoms. The van der Waals surface area contributed by atoms with Gasteiger partial charge in [0, 0.05) is 11.8 Å². The first kappa shape index (κ1) is 14.0. The molecule has 2 aromatic heterocycles. The Bertz CT molecular complexity index is 642. The molecule has 2 heterocycles. The molecule has 2 aromatic rings. The van der Waals surface area contributed by atoms with Gasteiger partial charge in [-0.2, -0.15) is 5.10 Å². The molecular weight excluding hydrogens is 258 g/mol. The molecule has 0 aliphatic rings. The predicted molar refractivity (Wildman–Crippen MR) is 76.1 cm³/mol. The summed E-state index contributed by atoms with van der Waals surface area (Å²) in [5.74, 6) is 0.557. The molecule has 0 aliphatic carbocycles. The molecule has 0 atom stereocenters. The van der Waals surface area contributed by atoms with Crippen molar-refractivity contribution in [1.29, 1.82) is 0 Å². The summed E-state index contributed by atoms with van der Waals surface area (Å²) in [6, 6.07) is 1.65. The highest BCUT2D eigenvalue weighted by molar-refractivity contribution is 5.57. The van der Waals surface area contributed by atoms with Crippen LogP contribution >= 0.6 is 0 Å². The summed E-state index contributed by atoms with van der Waals surface area (Å²) in [4.78, 5) is 14.3. The molecule has 106 valence electrons. The number of anilines is 2. The number of hydrogen-bond donors (Lipinski definition) is 1. The van der Waals surface area contributed by atoms with Crippen LogP contribution in [0.15, 0.2) is 24.7 Å². The molecule has 0 bridgehead atoms. The lowest BCUT2D eigenvalue weighted by Crippen LogP contribution is -2.21. The summed E-state index contributed by atoms with van der Waals surface area (Å²) in [5, 5.41) is 18.1. The topological polar surface area (TPSA) is 85.9 Å². The van der Waals surface area contributed by atoms with Gasteiger partial charge >= 0.3 is 0 Å². The van der Waals surface area contributed by atoms with Crippen molar-refractivity contribution in [3.8, 4) is 0 Å². The third kappa shape index (κ3) is 2.93. The molecule has 0 saturated carbocycles. The Morgan fingerprint density at radius 2 is 2.05 bits per heavy atom. The predicted octanol–water partition coefficient (Wildman–Crippen LogP) is 2.99. The van der Waals surface area contributed by atoms with Gasteiger partial charge in [-0.05, 0) is 33.8 Å². The molecule has 1 N–H and O–H groups in total. The average molecular weight is 275 g/mol. The number of pyridine rings is 1. The van der Waals surface area contributed by atoms with Crippen LogP contribution in [0.1, 0.15) is 26.3 Å². The summed E-state index contributed by atoms with van der Waals surface area (Å²) in [6.07, 6.45) is 4.83. The Balaban J connectivity index is 2.20. The van der Waals surface area contributed by atoms with Gasteiger partial charge in [0.2, 0.25) is 0 Å². The Morgan fingerprint density at radius 3 is 2.55 bits per heavy atom. The lowest BCUT2D eigenvalue weighted by atomic mass is 10.1. The van der Waals surface area contributed by atoms with Gasteiger partial charge in [-0.1, -0.05) is 0 Å². The quantitative estimate of drug-likeness (QED) is 0.687. The van der Waals surface area contributed by atoms with E-state index >= 15 is 0 Å². The summed E-state index contributed by atoms with van der Waals surface area (Å²) < 4.78 is 1.84. The van der Waals surface area contributed by atoms with Gasteiger partial charge in [-0.25, -0.2) is 4.98 Å². The number of nitrogens with zero attached hydrogens (tertiary/aromatic N) is 4. The van der Waals surface area contributed by atoms with Crippen molar-refractivity contribution < 1.29 is 4.92 Å². The van der Waals surface area contributed by atoms with Crippen molar-refractivity contribution in [3.05, 3.63) is 40.3 Å². The second-order valence-electron chi connectivity index (χ2n) is 5.58. The molecule has 0 aromatic carbocycles. The van der Waals surface area contributed by atoms with Crippen LogP contribution < -0.4 is 5.32 Å². The Labute approximate surface area is 116 Å². The van der Waals surface area contributed by atoms with Crippen molar-refractivity contribution in [1.82, 2.24) is 14.8 Å². The fourth-order valence-electron chi connectivity index (χ4n) is 1.71. The molecular formula is C13H17N5O2. The number of rotatable bonds is 3. The number of hydrogen-bond acceptors (Lipinski definition) is 5. The minimum Gasteiger partial charge on any atom is -0.338 e. The lowest BCUT2D eigenvalue weighted by molar-refractivity contribution is -0.385. The van der Waals surface area contributed by atoms with E-state index in [1.54, 1.807) is 19.2 Å². The second-order valence-corrected chi connectivity index (χ2v) is 5.58. The van der Waals surface area contributed by atoms with Gasteiger partial charge in [0.05, 0.1) is 22.3 Å². The fraction of sp³-hybridized carbons (Fsp3) is 0.385. The first-order chi connectivity index (χ1) is 9.27. The number of nitrogens with one attached hydrogen (secondary N) is 1. The van der Waals surface area contributed by atoms with E-state index in [2.05, 4.69) is 36.2 Å². The van der Waals surface area contributed by atoms with Crippen LogP contribution in [0.2, 0.25) is 0 Å². The highest BCUT2D eigenvalue weighted by Crippen LogP contribution is 2.22. The first-order valence-corrected chi connectivity index (χ1v) is 6.20. The lowest BCUT2D eigenvalue weighted by Gasteiger charge is -2.18. The van der Waals surface area contributed by atoms with Crippen LogP contribution in [-0.2, 0) is 5.54 Å². The maximum absolute atomic E-state index is 10.7. The van der Waals surface area contributed by atoms with Gasteiger partial charge in [-0.3, -0.25) is 14.8 Å². The maximum atomic E-state index is 10.7. The van der Waals surface area contributed by atoms with Crippen molar-refractivity contribution >= 4 is 17.2 Å². The van der Waals surface area contributed by atoms with E-state index in [-0.39, 0.29) is 11.2 Å². The van der Waals surface area contributed by atoms with Gasteiger partial charge < -0.3 is 5.32 Å². The van der Waals surface area contributed by atoms with Crippen molar-refractivity contribution in [3.63, 3.8) is 0 Å². The van der Waals surface area contributed by atoms with Crippen molar-refractivity contribution in [2.45, 2.75) is 33.2 Å². The molecule has 7 heteroatoms. The molecule has 20 heavy (non-hydrogen) atoms. The van der Waals surface area contributed by atoms with E-state index in [0.717, 1.165) is 5.69 Å². The zero-order chi connectivity index (χ0) is 14.9. The standard InChI is InChI=1S/C13H17N5O2/c1-9-5-12(14-7-11(9)18(19)20)16-10-6-15-17(8-10)13(2,3)4/h5-8H,1-4H3,(H,14,16). The minimum atomic E-state index is -0.441.